The Morgan fingerprint density at radius 3 is 2.47 bits per heavy atom. The summed E-state index contributed by atoms with van der Waals surface area (Å²) in [4.78, 5) is 10.9. The molecule has 0 spiro atoms. The number of rotatable bonds is 4. The summed E-state index contributed by atoms with van der Waals surface area (Å²) in [5.74, 6) is -0.809. The average Bonchev–Trinajstić information content (AvgIpc) is 2.41. The molecule has 1 N–H and O–H groups in total. The van der Waals surface area contributed by atoms with Gasteiger partial charge >= 0.3 is 5.97 Å². The van der Waals surface area contributed by atoms with Gasteiger partial charge in [-0.25, -0.2) is 0 Å². The van der Waals surface area contributed by atoms with Crippen LogP contribution in [0.15, 0.2) is 54.6 Å². The molecule has 0 saturated carbocycles. The van der Waals surface area contributed by atoms with Gasteiger partial charge in [0.05, 0.1) is 6.42 Å². The highest BCUT2D eigenvalue weighted by Gasteiger charge is 2.10. The van der Waals surface area contributed by atoms with Crippen molar-refractivity contribution in [3.05, 3.63) is 65.7 Å². The lowest BCUT2D eigenvalue weighted by Crippen LogP contribution is -2.02. The summed E-state index contributed by atoms with van der Waals surface area (Å²) in [6.45, 7) is 1.94. The van der Waals surface area contributed by atoms with E-state index in [4.69, 9.17) is 5.11 Å². The Kier molecular flexibility index (Phi) is 4.14. The molecular formula is C17H16O2. The Bertz CT molecular complexity index is 598. The van der Waals surface area contributed by atoms with Crippen LogP contribution >= 0.6 is 0 Å². The van der Waals surface area contributed by atoms with Gasteiger partial charge in [0.1, 0.15) is 0 Å². The van der Waals surface area contributed by atoms with E-state index in [1.807, 2.05) is 67.6 Å². The Balaban J connectivity index is 2.58. The van der Waals surface area contributed by atoms with Crippen LogP contribution in [0.2, 0.25) is 0 Å². The van der Waals surface area contributed by atoms with Crippen LogP contribution in [-0.4, -0.2) is 11.1 Å². The number of benzene rings is 2. The van der Waals surface area contributed by atoms with Crippen LogP contribution in [0, 0.1) is 0 Å². The standard InChI is InChI=1S/C17H16O2/c1-2-7-15-14(12-17(18)19)10-6-11-16(15)13-8-4-3-5-9-13/h2-11H,12H2,1H3,(H,18,19). The lowest BCUT2D eigenvalue weighted by Gasteiger charge is -2.11. The van der Waals surface area contributed by atoms with Crippen molar-refractivity contribution in [3.63, 3.8) is 0 Å². The minimum atomic E-state index is -0.809. The SMILES string of the molecule is CC=Cc1c(CC(=O)O)cccc1-c1ccccc1. The molecule has 0 atom stereocenters. The molecule has 2 rings (SSSR count). The second kappa shape index (κ2) is 6.01. The number of carboxylic acids is 1. The van der Waals surface area contributed by atoms with Gasteiger partial charge in [0.15, 0.2) is 0 Å². The molecular weight excluding hydrogens is 236 g/mol. The Morgan fingerprint density at radius 2 is 1.84 bits per heavy atom. The van der Waals surface area contributed by atoms with Gasteiger partial charge in [0.2, 0.25) is 0 Å². The van der Waals surface area contributed by atoms with Crippen molar-refractivity contribution in [2.24, 2.45) is 0 Å². The largest absolute Gasteiger partial charge is 0.481 e. The van der Waals surface area contributed by atoms with Crippen LogP contribution in [0.4, 0.5) is 0 Å². The fourth-order valence-electron chi connectivity index (χ4n) is 2.16. The van der Waals surface area contributed by atoms with E-state index < -0.39 is 5.97 Å². The van der Waals surface area contributed by atoms with Crippen molar-refractivity contribution in [3.8, 4) is 11.1 Å². The highest BCUT2D eigenvalue weighted by molar-refractivity contribution is 5.80. The third-order valence-electron chi connectivity index (χ3n) is 2.96. The normalized spacial score (nSPS) is 10.8. The van der Waals surface area contributed by atoms with Crippen LogP contribution in [0.3, 0.4) is 0 Å². The van der Waals surface area contributed by atoms with Gasteiger partial charge in [-0.2, -0.15) is 0 Å². The van der Waals surface area contributed by atoms with Crippen molar-refractivity contribution >= 4 is 12.0 Å². The minimum absolute atomic E-state index is 0.0420. The first-order chi connectivity index (χ1) is 9.22. The lowest BCUT2D eigenvalue weighted by molar-refractivity contribution is -0.136. The van der Waals surface area contributed by atoms with Gasteiger partial charge in [0.25, 0.3) is 0 Å². The van der Waals surface area contributed by atoms with Gasteiger partial charge in [-0.3, -0.25) is 4.79 Å². The molecule has 0 heterocycles. The fourth-order valence-corrected chi connectivity index (χ4v) is 2.16. The summed E-state index contributed by atoms with van der Waals surface area (Å²) >= 11 is 0. The predicted molar refractivity (Wildman–Crippen MR) is 77.9 cm³/mol. The van der Waals surface area contributed by atoms with E-state index in [0.29, 0.717) is 0 Å². The molecule has 0 aromatic heterocycles. The summed E-state index contributed by atoms with van der Waals surface area (Å²) < 4.78 is 0. The van der Waals surface area contributed by atoms with Crippen molar-refractivity contribution in [1.29, 1.82) is 0 Å². The second-order valence-corrected chi connectivity index (χ2v) is 4.31. The molecule has 0 aliphatic rings. The number of hydrogen-bond donors (Lipinski definition) is 1. The highest BCUT2D eigenvalue weighted by atomic mass is 16.4. The molecule has 0 aliphatic carbocycles. The number of carbonyl (C=O) groups is 1. The van der Waals surface area contributed by atoms with Gasteiger partial charge in [-0.15, -0.1) is 0 Å². The van der Waals surface area contributed by atoms with Crippen LogP contribution in [0.25, 0.3) is 17.2 Å². The molecule has 0 bridgehead atoms. The maximum atomic E-state index is 10.9. The second-order valence-electron chi connectivity index (χ2n) is 4.31. The summed E-state index contributed by atoms with van der Waals surface area (Å²) in [6, 6.07) is 15.8. The van der Waals surface area contributed by atoms with E-state index in [0.717, 1.165) is 22.3 Å². The monoisotopic (exact) mass is 252 g/mol. The summed E-state index contributed by atoms with van der Waals surface area (Å²) in [6.07, 6.45) is 3.95. The Morgan fingerprint density at radius 1 is 1.11 bits per heavy atom. The van der Waals surface area contributed by atoms with Crippen molar-refractivity contribution in [1.82, 2.24) is 0 Å². The molecule has 2 nitrogen and oxygen atoms in total. The van der Waals surface area contributed by atoms with Crippen LogP contribution in [0.5, 0.6) is 0 Å². The van der Waals surface area contributed by atoms with Gasteiger partial charge in [0, 0.05) is 0 Å². The first kappa shape index (κ1) is 13.1. The first-order valence-electron chi connectivity index (χ1n) is 6.24. The Hall–Kier alpha value is -2.35. The molecule has 96 valence electrons. The predicted octanol–water partition coefficient (Wildman–Crippen LogP) is 4.01. The first-order valence-corrected chi connectivity index (χ1v) is 6.24. The molecule has 2 aromatic rings. The number of allylic oxidation sites excluding steroid dienone is 1. The molecule has 0 fully saturated rings. The molecule has 0 aliphatic heterocycles. The van der Waals surface area contributed by atoms with E-state index in [2.05, 4.69) is 0 Å². The quantitative estimate of drug-likeness (QED) is 0.892. The molecule has 0 saturated heterocycles. The molecule has 2 heteroatoms. The average molecular weight is 252 g/mol. The van der Waals surface area contributed by atoms with E-state index in [1.165, 1.54) is 0 Å². The summed E-state index contributed by atoms with van der Waals surface area (Å²) in [7, 11) is 0. The maximum Gasteiger partial charge on any atom is 0.307 e. The van der Waals surface area contributed by atoms with Crippen molar-refractivity contribution in [2.45, 2.75) is 13.3 Å². The molecule has 0 amide bonds. The molecule has 0 radical (unpaired) electrons. The zero-order valence-electron chi connectivity index (χ0n) is 10.8. The zero-order valence-corrected chi connectivity index (χ0v) is 10.8. The van der Waals surface area contributed by atoms with E-state index in [-0.39, 0.29) is 6.42 Å². The smallest absolute Gasteiger partial charge is 0.307 e. The molecule has 2 aromatic carbocycles. The third-order valence-corrected chi connectivity index (χ3v) is 2.96. The highest BCUT2D eigenvalue weighted by Crippen LogP contribution is 2.27. The Labute approximate surface area is 113 Å². The van der Waals surface area contributed by atoms with Gasteiger partial charge in [-0.05, 0) is 29.2 Å². The summed E-state index contributed by atoms with van der Waals surface area (Å²) in [5.41, 5.74) is 3.99. The third kappa shape index (κ3) is 3.10. The van der Waals surface area contributed by atoms with Crippen LogP contribution < -0.4 is 0 Å². The van der Waals surface area contributed by atoms with Crippen LogP contribution in [0.1, 0.15) is 18.1 Å². The lowest BCUT2D eigenvalue weighted by atomic mass is 9.93. The fraction of sp³-hybridized carbons (Fsp3) is 0.118. The van der Waals surface area contributed by atoms with E-state index in [1.54, 1.807) is 0 Å². The van der Waals surface area contributed by atoms with E-state index in [9.17, 15) is 4.79 Å². The van der Waals surface area contributed by atoms with Gasteiger partial charge in [-0.1, -0.05) is 60.7 Å². The van der Waals surface area contributed by atoms with E-state index >= 15 is 0 Å². The number of hydrogen-bond acceptors (Lipinski definition) is 1. The molecule has 19 heavy (non-hydrogen) atoms. The van der Waals surface area contributed by atoms with Crippen molar-refractivity contribution < 1.29 is 9.90 Å². The minimum Gasteiger partial charge on any atom is -0.481 e. The number of aliphatic carboxylic acids is 1. The van der Waals surface area contributed by atoms with Crippen LogP contribution in [-0.2, 0) is 11.2 Å². The van der Waals surface area contributed by atoms with Crippen molar-refractivity contribution in [2.75, 3.05) is 0 Å². The molecule has 0 unspecified atom stereocenters. The zero-order chi connectivity index (χ0) is 13.7. The number of carboxylic acid groups (broad SMARTS) is 1. The van der Waals surface area contributed by atoms with Gasteiger partial charge < -0.3 is 5.11 Å². The topological polar surface area (TPSA) is 37.3 Å². The summed E-state index contributed by atoms with van der Waals surface area (Å²) in [5, 5.41) is 9.00. The maximum absolute atomic E-state index is 10.9.